The largest absolute Gasteiger partial charge is 0.467 e. The Balaban J connectivity index is 1.91. The maximum absolute atomic E-state index is 4.93. The molecule has 0 radical (unpaired) electrons. The van der Waals surface area contributed by atoms with Crippen LogP contribution in [0.15, 0.2) is 17.8 Å². The van der Waals surface area contributed by atoms with Crippen molar-refractivity contribution < 1.29 is 4.74 Å². The van der Waals surface area contributed by atoms with Crippen molar-refractivity contribution in [1.29, 1.82) is 0 Å². The second-order valence-corrected chi connectivity index (χ2v) is 5.08. The third-order valence-electron chi connectivity index (χ3n) is 2.39. The molecule has 0 unspecified atom stereocenters. The highest BCUT2D eigenvalue weighted by Crippen LogP contribution is 2.12. The molecule has 0 amide bonds. The molecule has 0 saturated carbocycles. The highest BCUT2D eigenvalue weighted by molar-refractivity contribution is 7.09. The molecule has 2 aromatic heterocycles. The Kier molecular flexibility index (Phi) is 4.22. The van der Waals surface area contributed by atoms with Gasteiger partial charge in [-0.25, -0.2) is 15.0 Å². The van der Waals surface area contributed by atoms with E-state index in [4.69, 9.17) is 4.74 Å². The van der Waals surface area contributed by atoms with Crippen LogP contribution in [-0.4, -0.2) is 34.0 Å². The highest BCUT2D eigenvalue weighted by Gasteiger charge is 2.06. The van der Waals surface area contributed by atoms with Gasteiger partial charge in [-0.15, -0.1) is 11.3 Å². The van der Waals surface area contributed by atoms with Gasteiger partial charge in [0.05, 0.1) is 13.7 Å². The average molecular weight is 264 g/mol. The number of rotatable bonds is 5. The third kappa shape index (κ3) is 3.48. The molecule has 6 heteroatoms. The van der Waals surface area contributed by atoms with Gasteiger partial charge in [-0.3, -0.25) is 4.90 Å². The van der Waals surface area contributed by atoms with Gasteiger partial charge in [-0.2, -0.15) is 0 Å². The molecule has 0 spiro atoms. The summed E-state index contributed by atoms with van der Waals surface area (Å²) in [6.07, 6.45) is 3.57. The van der Waals surface area contributed by atoms with Gasteiger partial charge in [0.1, 0.15) is 5.01 Å². The van der Waals surface area contributed by atoms with Gasteiger partial charge in [-0.05, 0) is 14.0 Å². The van der Waals surface area contributed by atoms with Crippen molar-refractivity contribution in [2.75, 3.05) is 14.2 Å². The number of thiazole rings is 1. The summed E-state index contributed by atoms with van der Waals surface area (Å²) < 4.78 is 4.93. The summed E-state index contributed by atoms with van der Waals surface area (Å²) in [7, 11) is 3.62. The van der Waals surface area contributed by atoms with E-state index in [2.05, 4.69) is 32.3 Å². The Hall–Kier alpha value is -1.53. The quantitative estimate of drug-likeness (QED) is 0.825. The van der Waals surface area contributed by atoms with Crippen LogP contribution in [0.1, 0.15) is 16.3 Å². The average Bonchev–Trinajstić information content (AvgIpc) is 2.75. The molecule has 0 saturated heterocycles. The zero-order valence-corrected chi connectivity index (χ0v) is 11.6. The molecule has 2 rings (SSSR count). The monoisotopic (exact) mass is 264 g/mol. The van der Waals surface area contributed by atoms with Crippen molar-refractivity contribution in [2.45, 2.75) is 20.0 Å². The van der Waals surface area contributed by atoms with E-state index in [0.29, 0.717) is 6.01 Å². The van der Waals surface area contributed by atoms with Crippen molar-refractivity contribution in [2.24, 2.45) is 0 Å². The molecule has 2 aromatic rings. The van der Waals surface area contributed by atoms with Crippen LogP contribution in [0.3, 0.4) is 0 Å². The zero-order valence-electron chi connectivity index (χ0n) is 10.8. The second-order valence-electron chi connectivity index (χ2n) is 4.13. The molecule has 0 aromatic carbocycles. The van der Waals surface area contributed by atoms with Crippen molar-refractivity contribution in [1.82, 2.24) is 19.9 Å². The Morgan fingerprint density at radius 1 is 1.28 bits per heavy atom. The Morgan fingerprint density at radius 2 is 2.00 bits per heavy atom. The lowest BCUT2D eigenvalue weighted by Crippen LogP contribution is -2.17. The summed E-state index contributed by atoms with van der Waals surface area (Å²) >= 11 is 1.69. The smallest absolute Gasteiger partial charge is 0.316 e. The van der Waals surface area contributed by atoms with E-state index >= 15 is 0 Å². The van der Waals surface area contributed by atoms with Crippen LogP contribution in [0.2, 0.25) is 0 Å². The topological polar surface area (TPSA) is 51.1 Å². The predicted molar refractivity (Wildman–Crippen MR) is 70.6 cm³/mol. The number of aryl methyl sites for hydroxylation is 1. The van der Waals surface area contributed by atoms with Crippen molar-refractivity contribution >= 4 is 11.3 Å². The molecule has 0 aliphatic rings. The van der Waals surface area contributed by atoms with Crippen LogP contribution in [-0.2, 0) is 13.1 Å². The van der Waals surface area contributed by atoms with E-state index < -0.39 is 0 Å². The first-order chi connectivity index (χ1) is 8.67. The maximum atomic E-state index is 4.93. The molecule has 0 aliphatic carbocycles. The van der Waals surface area contributed by atoms with Gasteiger partial charge in [0.2, 0.25) is 0 Å². The molecule has 5 nitrogen and oxygen atoms in total. The normalized spacial score (nSPS) is 10.9. The van der Waals surface area contributed by atoms with Crippen LogP contribution in [0.4, 0.5) is 0 Å². The van der Waals surface area contributed by atoms with Gasteiger partial charge in [0, 0.05) is 35.6 Å². The van der Waals surface area contributed by atoms with Crippen LogP contribution in [0, 0.1) is 6.92 Å². The maximum Gasteiger partial charge on any atom is 0.316 e. The van der Waals surface area contributed by atoms with E-state index in [1.54, 1.807) is 30.8 Å². The predicted octanol–water partition coefficient (Wildman–Crippen LogP) is 1.88. The Labute approximate surface area is 110 Å². The minimum atomic E-state index is 0.400. The van der Waals surface area contributed by atoms with Crippen LogP contribution in [0.25, 0.3) is 0 Å². The molecule has 0 N–H and O–H groups in total. The number of hydrogen-bond donors (Lipinski definition) is 0. The van der Waals surface area contributed by atoms with E-state index in [1.807, 2.05) is 6.92 Å². The van der Waals surface area contributed by atoms with Crippen LogP contribution < -0.4 is 4.74 Å². The fourth-order valence-corrected chi connectivity index (χ4v) is 2.45. The molecule has 0 fully saturated rings. The molecule has 0 bridgehead atoms. The van der Waals surface area contributed by atoms with E-state index in [0.717, 1.165) is 29.4 Å². The third-order valence-corrected chi connectivity index (χ3v) is 3.34. The lowest BCUT2D eigenvalue weighted by atomic mass is 10.3. The molecular formula is C12H16N4OS. The van der Waals surface area contributed by atoms with E-state index in [-0.39, 0.29) is 0 Å². The minimum Gasteiger partial charge on any atom is -0.467 e. The van der Waals surface area contributed by atoms with E-state index in [9.17, 15) is 0 Å². The second kappa shape index (κ2) is 5.88. The molecule has 18 heavy (non-hydrogen) atoms. The summed E-state index contributed by atoms with van der Waals surface area (Å²) in [5.41, 5.74) is 2.14. The Morgan fingerprint density at radius 3 is 2.56 bits per heavy atom. The lowest BCUT2D eigenvalue weighted by Gasteiger charge is -2.14. The highest BCUT2D eigenvalue weighted by atomic mass is 32.1. The summed E-state index contributed by atoms with van der Waals surface area (Å²) in [5, 5.41) is 3.20. The van der Waals surface area contributed by atoms with Crippen molar-refractivity contribution in [3.05, 3.63) is 34.0 Å². The van der Waals surface area contributed by atoms with E-state index in [1.165, 1.54) is 0 Å². The van der Waals surface area contributed by atoms with Gasteiger partial charge in [0.25, 0.3) is 0 Å². The van der Waals surface area contributed by atoms with Gasteiger partial charge in [-0.1, -0.05) is 0 Å². The molecular weight excluding hydrogens is 248 g/mol. The lowest BCUT2D eigenvalue weighted by molar-refractivity contribution is 0.316. The van der Waals surface area contributed by atoms with Crippen LogP contribution in [0.5, 0.6) is 6.01 Å². The minimum absolute atomic E-state index is 0.400. The molecule has 0 atom stereocenters. The standard InChI is InChI=1S/C12H16N4OS/c1-9-8-18-11(15-9)7-16(2)6-10-4-13-12(17-3)14-5-10/h4-5,8H,6-7H2,1-3H3. The van der Waals surface area contributed by atoms with Gasteiger partial charge in [0.15, 0.2) is 0 Å². The summed E-state index contributed by atoms with van der Waals surface area (Å²) in [6.45, 7) is 3.64. The first-order valence-electron chi connectivity index (χ1n) is 5.62. The van der Waals surface area contributed by atoms with Gasteiger partial charge >= 0.3 is 6.01 Å². The fraction of sp³-hybridized carbons (Fsp3) is 0.417. The van der Waals surface area contributed by atoms with Gasteiger partial charge < -0.3 is 4.74 Å². The molecule has 0 aliphatic heterocycles. The SMILES string of the molecule is COc1ncc(CN(C)Cc2nc(C)cs2)cn1. The summed E-state index contributed by atoms with van der Waals surface area (Å²) in [4.78, 5) is 14.8. The number of aromatic nitrogens is 3. The first kappa shape index (κ1) is 12.9. The number of hydrogen-bond acceptors (Lipinski definition) is 6. The molecule has 96 valence electrons. The van der Waals surface area contributed by atoms with Crippen molar-refractivity contribution in [3.63, 3.8) is 0 Å². The number of nitrogens with zero attached hydrogens (tertiary/aromatic N) is 4. The zero-order chi connectivity index (χ0) is 13.0. The molecule has 2 heterocycles. The first-order valence-corrected chi connectivity index (χ1v) is 6.50. The Bertz CT molecular complexity index is 497. The fourth-order valence-electron chi connectivity index (χ4n) is 1.60. The number of methoxy groups -OCH3 is 1. The van der Waals surface area contributed by atoms with Crippen molar-refractivity contribution in [3.8, 4) is 6.01 Å². The summed E-state index contributed by atoms with van der Waals surface area (Å²) in [6, 6.07) is 0.400. The number of ether oxygens (including phenoxy) is 1. The van der Waals surface area contributed by atoms with Crippen LogP contribution >= 0.6 is 11.3 Å². The summed E-state index contributed by atoms with van der Waals surface area (Å²) in [5.74, 6) is 0.